The highest BCUT2D eigenvalue weighted by Gasteiger charge is 2.28. The van der Waals surface area contributed by atoms with Crippen LogP contribution in [0.1, 0.15) is 46.5 Å². The lowest BCUT2D eigenvalue weighted by molar-refractivity contribution is -0.126. The minimum Gasteiger partial charge on any atom is -0.353 e. The second kappa shape index (κ2) is 6.71. The van der Waals surface area contributed by atoms with E-state index in [1.165, 1.54) is 32.2 Å². The van der Waals surface area contributed by atoms with Crippen molar-refractivity contribution in [1.82, 2.24) is 15.5 Å². The first kappa shape index (κ1) is 14.8. The summed E-state index contributed by atoms with van der Waals surface area (Å²) >= 11 is 0. The van der Waals surface area contributed by atoms with Crippen molar-refractivity contribution < 1.29 is 4.79 Å². The number of rotatable bonds is 6. The summed E-state index contributed by atoms with van der Waals surface area (Å²) in [6.07, 6.45) is 5.18. The maximum Gasteiger partial charge on any atom is 0.237 e. The van der Waals surface area contributed by atoms with E-state index in [0.29, 0.717) is 0 Å². The number of carbonyl (C=O) groups excluding carboxylic acids is 1. The van der Waals surface area contributed by atoms with E-state index < -0.39 is 0 Å². The number of hydrogen-bond donors (Lipinski definition) is 2. The molecule has 1 atom stereocenters. The summed E-state index contributed by atoms with van der Waals surface area (Å²) in [5.41, 5.74) is 0. The molecular weight excluding hydrogens is 238 g/mol. The highest BCUT2D eigenvalue weighted by atomic mass is 16.2. The third-order valence-electron chi connectivity index (χ3n) is 4.28. The fourth-order valence-corrected chi connectivity index (χ4v) is 2.74. The molecule has 0 aromatic rings. The van der Waals surface area contributed by atoms with E-state index >= 15 is 0 Å². The average Bonchev–Trinajstić information content (AvgIpc) is 3.19. The highest BCUT2D eigenvalue weighted by Crippen LogP contribution is 2.22. The van der Waals surface area contributed by atoms with Crippen molar-refractivity contribution >= 4 is 5.91 Å². The summed E-state index contributed by atoms with van der Waals surface area (Å²) in [7, 11) is 0. The van der Waals surface area contributed by atoms with Crippen LogP contribution in [0.3, 0.4) is 0 Å². The first-order valence-electron chi connectivity index (χ1n) is 7.84. The molecular formula is C15H29N3O. The fourth-order valence-electron chi connectivity index (χ4n) is 2.74. The summed E-state index contributed by atoms with van der Waals surface area (Å²) in [4.78, 5) is 14.3. The van der Waals surface area contributed by atoms with Gasteiger partial charge in [-0.1, -0.05) is 0 Å². The molecule has 4 nitrogen and oxygen atoms in total. The zero-order valence-electron chi connectivity index (χ0n) is 12.6. The maximum atomic E-state index is 12.0. The van der Waals surface area contributed by atoms with Crippen molar-refractivity contribution in [3.8, 4) is 0 Å². The van der Waals surface area contributed by atoms with E-state index in [4.69, 9.17) is 0 Å². The summed E-state index contributed by atoms with van der Waals surface area (Å²) in [5, 5.41) is 6.63. The molecule has 110 valence electrons. The first-order chi connectivity index (χ1) is 9.06. The number of nitrogens with zero attached hydrogens (tertiary/aromatic N) is 1. The van der Waals surface area contributed by atoms with Crippen molar-refractivity contribution in [3.63, 3.8) is 0 Å². The van der Waals surface area contributed by atoms with Crippen LogP contribution in [0.25, 0.3) is 0 Å². The standard InChI is InChI=1S/C15H29N3O/c1-11(2)17-15(19)12(3)18-8-6-13(7-9-18)10-16-14-4-5-14/h11-14,16H,4-10H2,1-3H3,(H,17,19). The van der Waals surface area contributed by atoms with Gasteiger partial charge < -0.3 is 10.6 Å². The molecule has 1 amide bonds. The average molecular weight is 267 g/mol. The van der Waals surface area contributed by atoms with Gasteiger partial charge >= 0.3 is 0 Å². The van der Waals surface area contributed by atoms with E-state index in [1.807, 2.05) is 20.8 Å². The molecule has 19 heavy (non-hydrogen) atoms. The van der Waals surface area contributed by atoms with Gasteiger partial charge in [-0.25, -0.2) is 0 Å². The van der Waals surface area contributed by atoms with Crippen LogP contribution in [0, 0.1) is 5.92 Å². The van der Waals surface area contributed by atoms with Gasteiger partial charge in [0.1, 0.15) is 0 Å². The number of amides is 1. The van der Waals surface area contributed by atoms with Crippen molar-refractivity contribution in [2.24, 2.45) is 5.92 Å². The number of piperidine rings is 1. The lowest BCUT2D eigenvalue weighted by Crippen LogP contribution is -2.50. The Balaban J connectivity index is 1.67. The summed E-state index contributed by atoms with van der Waals surface area (Å²) in [6.45, 7) is 9.35. The van der Waals surface area contributed by atoms with Gasteiger partial charge in [0.25, 0.3) is 0 Å². The number of nitrogens with one attached hydrogen (secondary N) is 2. The Morgan fingerprint density at radius 2 is 1.79 bits per heavy atom. The molecule has 1 unspecified atom stereocenters. The number of hydrogen-bond acceptors (Lipinski definition) is 3. The Morgan fingerprint density at radius 3 is 2.32 bits per heavy atom. The van der Waals surface area contributed by atoms with E-state index in [-0.39, 0.29) is 18.0 Å². The molecule has 4 heteroatoms. The van der Waals surface area contributed by atoms with E-state index in [0.717, 1.165) is 25.0 Å². The van der Waals surface area contributed by atoms with Crippen molar-refractivity contribution in [1.29, 1.82) is 0 Å². The fraction of sp³-hybridized carbons (Fsp3) is 0.933. The smallest absolute Gasteiger partial charge is 0.237 e. The largest absolute Gasteiger partial charge is 0.353 e. The van der Waals surface area contributed by atoms with Gasteiger partial charge in [0, 0.05) is 12.1 Å². The van der Waals surface area contributed by atoms with Crippen LogP contribution in [0.15, 0.2) is 0 Å². The second-order valence-corrected chi connectivity index (χ2v) is 6.50. The van der Waals surface area contributed by atoms with Gasteiger partial charge in [0.05, 0.1) is 6.04 Å². The van der Waals surface area contributed by atoms with Crippen LogP contribution in [0.5, 0.6) is 0 Å². The molecule has 1 heterocycles. The van der Waals surface area contributed by atoms with Crippen LogP contribution in [0.2, 0.25) is 0 Å². The number of carbonyl (C=O) groups is 1. The molecule has 2 fully saturated rings. The molecule has 2 N–H and O–H groups in total. The lowest BCUT2D eigenvalue weighted by atomic mass is 9.95. The molecule has 1 saturated heterocycles. The first-order valence-corrected chi connectivity index (χ1v) is 7.84. The third-order valence-corrected chi connectivity index (χ3v) is 4.28. The summed E-state index contributed by atoms with van der Waals surface area (Å²) in [5.74, 6) is 0.974. The van der Waals surface area contributed by atoms with Crippen LogP contribution < -0.4 is 10.6 Å². The minimum absolute atomic E-state index is 0.0136. The van der Waals surface area contributed by atoms with Gasteiger partial charge in [0.2, 0.25) is 5.91 Å². The molecule has 1 saturated carbocycles. The Bertz CT molecular complexity index is 294. The van der Waals surface area contributed by atoms with Crippen LogP contribution >= 0.6 is 0 Å². The van der Waals surface area contributed by atoms with E-state index in [2.05, 4.69) is 15.5 Å². The molecule has 0 aromatic carbocycles. The highest BCUT2D eigenvalue weighted by molar-refractivity contribution is 5.81. The zero-order valence-corrected chi connectivity index (χ0v) is 12.6. The van der Waals surface area contributed by atoms with Crippen molar-refractivity contribution in [2.45, 2.75) is 64.6 Å². The Morgan fingerprint density at radius 1 is 1.16 bits per heavy atom. The van der Waals surface area contributed by atoms with E-state index in [9.17, 15) is 4.79 Å². The number of likely N-dealkylation sites (tertiary alicyclic amines) is 1. The van der Waals surface area contributed by atoms with Gasteiger partial charge in [-0.2, -0.15) is 0 Å². The van der Waals surface area contributed by atoms with Crippen LogP contribution in [-0.2, 0) is 4.79 Å². The van der Waals surface area contributed by atoms with Gasteiger partial charge in [-0.3, -0.25) is 9.69 Å². The van der Waals surface area contributed by atoms with Crippen molar-refractivity contribution in [3.05, 3.63) is 0 Å². The molecule has 1 aliphatic heterocycles. The Kier molecular flexibility index (Phi) is 5.22. The van der Waals surface area contributed by atoms with Gasteiger partial charge in [-0.15, -0.1) is 0 Å². The second-order valence-electron chi connectivity index (χ2n) is 6.50. The van der Waals surface area contributed by atoms with Gasteiger partial charge in [0.15, 0.2) is 0 Å². The zero-order chi connectivity index (χ0) is 13.8. The lowest BCUT2D eigenvalue weighted by Gasteiger charge is -2.35. The Labute approximate surface area is 117 Å². The molecule has 2 aliphatic rings. The van der Waals surface area contributed by atoms with E-state index in [1.54, 1.807) is 0 Å². The summed E-state index contributed by atoms with van der Waals surface area (Å²) in [6, 6.07) is 1.06. The SMILES string of the molecule is CC(C)NC(=O)C(C)N1CCC(CNC2CC2)CC1. The molecule has 1 aliphatic carbocycles. The third kappa shape index (κ3) is 4.77. The Hall–Kier alpha value is -0.610. The normalized spacial score (nSPS) is 23.6. The quantitative estimate of drug-likeness (QED) is 0.764. The minimum atomic E-state index is 0.0136. The molecule has 2 rings (SSSR count). The predicted octanol–water partition coefficient (Wildman–Crippen LogP) is 1.36. The molecule has 0 bridgehead atoms. The van der Waals surface area contributed by atoms with Gasteiger partial charge in [-0.05, 0) is 72.0 Å². The molecule has 0 radical (unpaired) electrons. The predicted molar refractivity (Wildman–Crippen MR) is 78.1 cm³/mol. The molecule has 0 spiro atoms. The van der Waals surface area contributed by atoms with Crippen LogP contribution in [0.4, 0.5) is 0 Å². The molecule has 0 aromatic heterocycles. The maximum absolute atomic E-state index is 12.0. The van der Waals surface area contributed by atoms with Crippen molar-refractivity contribution in [2.75, 3.05) is 19.6 Å². The summed E-state index contributed by atoms with van der Waals surface area (Å²) < 4.78 is 0. The topological polar surface area (TPSA) is 44.4 Å². The van der Waals surface area contributed by atoms with Crippen LogP contribution in [-0.4, -0.2) is 48.6 Å². The monoisotopic (exact) mass is 267 g/mol.